The van der Waals surface area contributed by atoms with E-state index >= 15 is 0 Å². The normalized spacial score (nSPS) is 16.8. The Morgan fingerprint density at radius 3 is 2.39 bits per heavy atom. The number of ether oxygens (including phenoxy) is 1. The molecule has 0 bridgehead atoms. The molecule has 3 aromatic rings. The van der Waals surface area contributed by atoms with Gasteiger partial charge in [-0.3, -0.25) is 0 Å². The Balaban J connectivity index is 1.76. The molecule has 28 heavy (non-hydrogen) atoms. The summed E-state index contributed by atoms with van der Waals surface area (Å²) in [5.74, 6) is 2.03. The number of hydrogen-bond donors (Lipinski definition) is 1. The van der Waals surface area contributed by atoms with Crippen molar-refractivity contribution in [2.45, 2.75) is 50.4 Å². The van der Waals surface area contributed by atoms with E-state index in [1.54, 1.807) is 0 Å². The van der Waals surface area contributed by atoms with Crippen molar-refractivity contribution in [1.82, 2.24) is 0 Å². The summed E-state index contributed by atoms with van der Waals surface area (Å²) in [4.78, 5) is 0.929. The predicted octanol–water partition coefficient (Wildman–Crippen LogP) is 6.80. The van der Waals surface area contributed by atoms with Crippen molar-refractivity contribution in [1.29, 1.82) is 0 Å². The van der Waals surface area contributed by atoms with E-state index in [-0.39, 0.29) is 4.93 Å². The van der Waals surface area contributed by atoms with Crippen LogP contribution in [0.3, 0.4) is 0 Å². The Morgan fingerprint density at radius 2 is 1.64 bits per heavy atom. The number of rotatable bonds is 2. The van der Waals surface area contributed by atoms with Crippen molar-refractivity contribution in [2.24, 2.45) is 11.8 Å². The number of fused-ring (bicyclic) bond motifs is 6. The van der Waals surface area contributed by atoms with Crippen LogP contribution >= 0.6 is 11.8 Å². The van der Waals surface area contributed by atoms with Crippen LogP contribution in [-0.4, -0.2) is 10.0 Å². The molecule has 2 nitrogen and oxygen atoms in total. The zero-order chi connectivity index (χ0) is 19.6. The zero-order valence-corrected chi connectivity index (χ0v) is 17.7. The molecule has 0 atom stereocenters. The molecule has 1 N–H and O–H groups in total. The fourth-order valence-electron chi connectivity index (χ4n) is 4.90. The summed E-state index contributed by atoms with van der Waals surface area (Å²) < 4.78 is 6.55. The molecule has 0 saturated carbocycles. The molecule has 0 amide bonds. The third kappa shape index (κ3) is 2.42. The van der Waals surface area contributed by atoms with Crippen LogP contribution in [-0.2, 0) is 12.8 Å². The maximum absolute atomic E-state index is 10.8. The van der Waals surface area contributed by atoms with Crippen LogP contribution in [0.25, 0.3) is 21.9 Å². The average molecular weight is 391 g/mol. The highest BCUT2D eigenvalue weighted by Gasteiger charge is 2.46. The molecule has 2 aliphatic rings. The maximum atomic E-state index is 10.8. The largest absolute Gasteiger partial charge is 0.507 e. The minimum Gasteiger partial charge on any atom is -0.507 e. The van der Waals surface area contributed by atoms with Crippen molar-refractivity contribution in [2.75, 3.05) is 0 Å². The van der Waals surface area contributed by atoms with E-state index in [1.807, 2.05) is 17.8 Å². The van der Waals surface area contributed by atoms with Gasteiger partial charge in [0.05, 0.1) is 4.90 Å². The summed E-state index contributed by atoms with van der Waals surface area (Å²) in [5.41, 5.74) is 5.22. The van der Waals surface area contributed by atoms with Crippen LogP contribution in [0, 0.1) is 11.8 Å². The van der Waals surface area contributed by atoms with Crippen molar-refractivity contribution in [3.63, 3.8) is 0 Å². The van der Waals surface area contributed by atoms with Gasteiger partial charge < -0.3 is 9.84 Å². The molecule has 0 aromatic heterocycles. The van der Waals surface area contributed by atoms with Gasteiger partial charge in [0.25, 0.3) is 0 Å². The van der Waals surface area contributed by atoms with Crippen LogP contribution in [0.15, 0.2) is 47.4 Å². The molecule has 5 rings (SSSR count). The van der Waals surface area contributed by atoms with Gasteiger partial charge in [-0.05, 0) is 58.7 Å². The van der Waals surface area contributed by atoms with Crippen molar-refractivity contribution in [3.8, 4) is 22.6 Å². The summed E-state index contributed by atoms with van der Waals surface area (Å²) >= 11 is 1.85. The van der Waals surface area contributed by atoms with Crippen LogP contribution in [0.4, 0.5) is 0 Å². The molecular weight excluding hydrogens is 364 g/mol. The number of hydrogen-bond acceptors (Lipinski definition) is 3. The summed E-state index contributed by atoms with van der Waals surface area (Å²) in [7, 11) is 0. The number of phenols is 1. The van der Waals surface area contributed by atoms with Gasteiger partial charge >= 0.3 is 0 Å². The Bertz CT molecular complexity index is 1090. The van der Waals surface area contributed by atoms with Crippen LogP contribution in [0.2, 0.25) is 0 Å². The van der Waals surface area contributed by atoms with Gasteiger partial charge in [0, 0.05) is 17.2 Å². The number of aryl methyl sites for hydroxylation is 2. The second-order valence-electron chi connectivity index (χ2n) is 8.67. The highest BCUT2D eigenvalue weighted by Crippen LogP contribution is 2.56. The Labute approximate surface area is 170 Å². The fraction of sp³-hybridized carbons (Fsp3) is 0.360. The first-order chi connectivity index (χ1) is 13.4. The molecule has 0 saturated heterocycles. The van der Waals surface area contributed by atoms with E-state index < -0.39 is 0 Å². The predicted molar refractivity (Wildman–Crippen MR) is 117 cm³/mol. The van der Waals surface area contributed by atoms with E-state index in [0.29, 0.717) is 17.6 Å². The lowest BCUT2D eigenvalue weighted by Crippen LogP contribution is -2.40. The third-order valence-corrected chi connectivity index (χ3v) is 8.24. The molecule has 3 heteroatoms. The second kappa shape index (κ2) is 6.18. The molecule has 1 aliphatic heterocycles. The number of thioether (sulfide) groups is 1. The lowest BCUT2D eigenvalue weighted by molar-refractivity contribution is 0.0757. The highest BCUT2D eigenvalue weighted by molar-refractivity contribution is 8.01. The first kappa shape index (κ1) is 17.9. The van der Waals surface area contributed by atoms with Gasteiger partial charge in [0.15, 0.2) is 4.93 Å². The zero-order valence-electron chi connectivity index (χ0n) is 16.9. The first-order valence-corrected chi connectivity index (χ1v) is 11.0. The molecule has 0 unspecified atom stereocenters. The number of benzene rings is 3. The highest BCUT2D eigenvalue weighted by atomic mass is 32.2. The minimum atomic E-state index is -0.257. The minimum absolute atomic E-state index is 0.257. The van der Waals surface area contributed by atoms with E-state index in [0.717, 1.165) is 29.4 Å². The fourth-order valence-corrected chi connectivity index (χ4v) is 6.22. The van der Waals surface area contributed by atoms with Crippen molar-refractivity contribution in [3.05, 3.63) is 53.6 Å². The van der Waals surface area contributed by atoms with Crippen LogP contribution < -0.4 is 4.74 Å². The monoisotopic (exact) mass is 390 g/mol. The summed E-state index contributed by atoms with van der Waals surface area (Å²) in [6, 6.07) is 14.9. The third-order valence-electron chi connectivity index (χ3n) is 6.36. The SMILES string of the molecule is CC(C)C1(C(C)C)Oc2cc3c(O)cc4c(c3cc2S1)-c1ccccc1CC4. The molecule has 0 spiro atoms. The number of phenolic OH excluding ortho intramolecular Hbond substituents is 1. The van der Waals surface area contributed by atoms with E-state index in [4.69, 9.17) is 4.74 Å². The molecule has 1 heterocycles. The summed E-state index contributed by atoms with van der Waals surface area (Å²) in [5, 5.41) is 12.8. The average Bonchev–Trinajstić information content (AvgIpc) is 3.06. The van der Waals surface area contributed by atoms with Gasteiger partial charge in [0.2, 0.25) is 0 Å². The topological polar surface area (TPSA) is 29.5 Å². The van der Waals surface area contributed by atoms with Crippen LogP contribution in [0.5, 0.6) is 11.5 Å². The molecule has 0 fully saturated rings. The Morgan fingerprint density at radius 1 is 0.929 bits per heavy atom. The van der Waals surface area contributed by atoms with Gasteiger partial charge in [-0.15, -0.1) is 0 Å². The van der Waals surface area contributed by atoms with Crippen molar-refractivity contribution < 1.29 is 9.84 Å². The molecule has 3 aromatic carbocycles. The standard InChI is InChI=1S/C25H26O2S/c1-14(2)25(15(3)4)27-22-12-19-20(13-23(22)28-25)24-17(11-21(19)26)10-9-16-7-5-6-8-18(16)24/h5-8,11-15,26H,9-10H2,1-4H3. The Hall–Kier alpha value is -2.13. The summed E-state index contributed by atoms with van der Waals surface area (Å²) in [6.07, 6.45) is 2.00. The first-order valence-electron chi connectivity index (χ1n) is 10.2. The molecule has 144 valence electrons. The van der Waals surface area contributed by atoms with Gasteiger partial charge in [-0.2, -0.15) is 0 Å². The molecule has 0 radical (unpaired) electrons. The van der Waals surface area contributed by atoms with Crippen molar-refractivity contribution >= 4 is 22.5 Å². The lowest BCUT2D eigenvalue weighted by atomic mass is 9.82. The van der Waals surface area contributed by atoms with Crippen LogP contribution in [0.1, 0.15) is 38.8 Å². The lowest BCUT2D eigenvalue weighted by Gasteiger charge is -2.35. The van der Waals surface area contributed by atoms with Gasteiger partial charge in [-0.1, -0.05) is 63.7 Å². The smallest absolute Gasteiger partial charge is 0.163 e. The molecular formula is C25H26O2S. The van der Waals surface area contributed by atoms with E-state index in [1.165, 1.54) is 27.1 Å². The molecule has 1 aliphatic carbocycles. The van der Waals surface area contributed by atoms with Gasteiger partial charge in [-0.25, -0.2) is 0 Å². The Kier molecular flexibility index (Phi) is 3.96. The maximum Gasteiger partial charge on any atom is 0.163 e. The van der Waals surface area contributed by atoms with E-state index in [2.05, 4.69) is 64.1 Å². The summed E-state index contributed by atoms with van der Waals surface area (Å²) in [6.45, 7) is 8.92. The van der Waals surface area contributed by atoms with Gasteiger partial charge in [0.1, 0.15) is 11.5 Å². The van der Waals surface area contributed by atoms with E-state index in [9.17, 15) is 5.11 Å². The second-order valence-corrected chi connectivity index (χ2v) is 9.95. The quantitative estimate of drug-likeness (QED) is 0.521. The number of aromatic hydroxyl groups is 1.